The van der Waals surface area contributed by atoms with Gasteiger partial charge >= 0.3 is 25.8 Å². The van der Waals surface area contributed by atoms with Crippen molar-refractivity contribution in [2.24, 2.45) is 5.41 Å². The Balaban J connectivity index is 1.28. The first-order valence-corrected chi connectivity index (χ1v) is 19.1. The Morgan fingerprint density at radius 2 is 1.45 bits per heavy atom. The van der Waals surface area contributed by atoms with E-state index in [0.717, 1.165) is 22.9 Å². The van der Waals surface area contributed by atoms with Crippen LogP contribution in [0.3, 0.4) is 0 Å². The third-order valence-corrected chi connectivity index (χ3v) is 10.0. The summed E-state index contributed by atoms with van der Waals surface area (Å²) >= 11 is 0. The molecule has 10 nitrogen and oxygen atoms in total. The van der Waals surface area contributed by atoms with E-state index in [1.165, 1.54) is 24.3 Å². The van der Waals surface area contributed by atoms with Gasteiger partial charge in [0.1, 0.15) is 33.8 Å². The van der Waals surface area contributed by atoms with Crippen LogP contribution in [0.15, 0.2) is 108 Å². The predicted molar refractivity (Wildman–Crippen MR) is 220 cm³/mol. The molecule has 0 unspecified atom stereocenters. The van der Waals surface area contributed by atoms with Gasteiger partial charge < -0.3 is 41.2 Å². The maximum atomic E-state index is 14.9. The van der Waals surface area contributed by atoms with Crippen LogP contribution in [-0.2, 0) is 4.65 Å². The second-order valence-electron chi connectivity index (χ2n) is 14.6. The monoisotopic (exact) mass is 801 g/mol. The summed E-state index contributed by atoms with van der Waals surface area (Å²) in [6.07, 6.45) is 11.6. The number of fused-ring (bicyclic) bond motifs is 4. The first-order chi connectivity index (χ1) is 27.6. The number of hydrogen-bond donors (Lipinski definition) is 0. The van der Waals surface area contributed by atoms with Gasteiger partial charge in [-0.1, -0.05) is 44.2 Å². The lowest BCUT2D eigenvalue weighted by Crippen LogP contribution is -2.40. The Labute approximate surface area is 333 Å². The molecule has 3 heterocycles. The molecule has 0 saturated carbocycles. The summed E-state index contributed by atoms with van der Waals surface area (Å²) in [5.41, 5.74) is -0.0519. The summed E-state index contributed by atoms with van der Waals surface area (Å²) < 4.78 is 82.4. The fraction of sp³-hybridized carbons (Fsp3) is 0.310. The van der Waals surface area contributed by atoms with Gasteiger partial charge in [0.15, 0.2) is 5.78 Å². The third kappa shape index (κ3) is 8.95. The summed E-state index contributed by atoms with van der Waals surface area (Å²) in [7, 11) is -8.12. The molecule has 58 heavy (non-hydrogen) atoms. The maximum Gasteiger partial charge on any atom is 0.796 e. The second-order valence-corrected chi connectivity index (χ2v) is 14.6. The van der Waals surface area contributed by atoms with Crippen LogP contribution in [0.4, 0.5) is 28.6 Å². The molecule has 16 heteroatoms. The van der Waals surface area contributed by atoms with E-state index in [1.54, 1.807) is 42.5 Å². The van der Waals surface area contributed by atoms with Crippen molar-refractivity contribution >= 4 is 59.4 Å². The van der Waals surface area contributed by atoms with E-state index < -0.39 is 48.7 Å². The molecule has 0 radical (unpaired) electrons. The Morgan fingerprint density at radius 1 is 0.845 bits per heavy atom. The lowest BCUT2D eigenvalue weighted by atomic mass is 9.75. The molecule has 0 bridgehead atoms. The average Bonchev–Trinajstić information content (AvgIpc) is 3.14. The van der Waals surface area contributed by atoms with Crippen LogP contribution >= 0.6 is 0 Å². The molecule has 2 aromatic heterocycles. The van der Waals surface area contributed by atoms with E-state index in [0.29, 0.717) is 44.7 Å². The SMILES string of the molecule is CCN(CC)c1ccc2c(OB(F)F)c(C(=O)/C=C/C=C3C=C(/C=C/C=C4\O[B-](F)(F)Oc5c4c(=O)oc4cc(N(CC)CC)ccc54)CC(C)(C)C\3)c(=O)oc2c1. The molecule has 0 atom stereocenters. The largest absolute Gasteiger partial charge is 0.796 e. The van der Waals surface area contributed by atoms with Crippen LogP contribution in [0.25, 0.3) is 27.7 Å². The first kappa shape index (κ1) is 41.7. The zero-order valence-electron chi connectivity index (χ0n) is 33.1. The highest BCUT2D eigenvalue weighted by Gasteiger charge is 2.42. The highest BCUT2D eigenvalue weighted by atomic mass is 19.3. The molecule has 0 saturated heterocycles. The fourth-order valence-corrected chi connectivity index (χ4v) is 7.47. The maximum absolute atomic E-state index is 14.9. The predicted octanol–water partition coefficient (Wildman–Crippen LogP) is 9.69. The van der Waals surface area contributed by atoms with Gasteiger partial charge in [0, 0.05) is 49.7 Å². The molecule has 1 aliphatic carbocycles. The number of rotatable bonds is 13. The molecule has 0 amide bonds. The summed E-state index contributed by atoms with van der Waals surface area (Å²) in [6, 6.07) is 9.64. The van der Waals surface area contributed by atoms with Crippen molar-refractivity contribution in [2.75, 3.05) is 36.0 Å². The number of benzene rings is 2. The van der Waals surface area contributed by atoms with Crippen LogP contribution < -0.4 is 30.4 Å². The summed E-state index contributed by atoms with van der Waals surface area (Å²) in [5.74, 6) is -2.19. The molecule has 0 fully saturated rings. The Bertz CT molecular complexity index is 2510. The van der Waals surface area contributed by atoms with Crippen LogP contribution in [-0.4, -0.2) is 46.5 Å². The molecular weight excluding hydrogens is 758 g/mol. The minimum atomic E-state index is -4.81. The normalized spacial score (nSPS) is 17.4. The van der Waals surface area contributed by atoms with E-state index in [1.807, 2.05) is 57.4 Å². The molecule has 0 spiro atoms. The minimum Gasteiger partial charge on any atom is -0.627 e. The van der Waals surface area contributed by atoms with E-state index >= 15 is 0 Å². The van der Waals surface area contributed by atoms with Gasteiger partial charge in [-0.3, -0.25) is 4.79 Å². The molecular formula is C42H43B2F4N2O8-. The lowest BCUT2D eigenvalue weighted by Gasteiger charge is -2.35. The number of hydrogen-bond acceptors (Lipinski definition) is 10. The van der Waals surface area contributed by atoms with Gasteiger partial charge in [0.2, 0.25) is 0 Å². The molecule has 2 aliphatic rings. The Hall–Kier alpha value is -5.92. The van der Waals surface area contributed by atoms with E-state index in [-0.39, 0.29) is 38.7 Å². The molecule has 0 N–H and O–H groups in total. The third-order valence-electron chi connectivity index (χ3n) is 10.0. The minimum absolute atomic E-state index is 0.00204. The number of anilines is 2. The Morgan fingerprint density at radius 3 is 2.07 bits per heavy atom. The number of carbonyl (C=O) groups is 1. The van der Waals surface area contributed by atoms with Crippen molar-refractivity contribution < 1.29 is 44.9 Å². The van der Waals surface area contributed by atoms with Gasteiger partial charge in [-0.2, -0.15) is 0 Å². The van der Waals surface area contributed by atoms with Crippen molar-refractivity contribution in [3.05, 3.63) is 122 Å². The Kier molecular flexibility index (Phi) is 12.1. The van der Waals surface area contributed by atoms with Crippen LogP contribution in [0.5, 0.6) is 11.5 Å². The van der Waals surface area contributed by atoms with Gasteiger partial charge in [-0.15, -0.1) is 0 Å². The van der Waals surface area contributed by atoms with E-state index in [2.05, 4.69) is 0 Å². The van der Waals surface area contributed by atoms with Crippen molar-refractivity contribution in [3.63, 3.8) is 0 Å². The smallest absolute Gasteiger partial charge is 0.627 e. The van der Waals surface area contributed by atoms with Crippen molar-refractivity contribution in [1.82, 2.24) is 0 Å². The topological polar surface area (TPSA) is 112 Å². The summed E-state index contributed by atoms with van der Waals surface area (Å²) in [5, 5.41) is 0.249. The van der Waals surface area contributed by atoms with E-state index in [9.17, 15) is 31.6 Å². The highest BCUT2D eigenvalue weighted by molar-refractivity contribution is 6.54. The second kappa shape index (κ2) is 16.9. The molecule has 1 aliphatic heterocycles. The quantitative estimate of drug-likeness (QED) is 0.0426. The fourth-order valence-electron chi connectivity index (χ4n) is 7.47. The molecule has 6 rings (SSSR count). The van der Waals surface area contributed by atoms with Gasteiger partial charge in [-0.25, -0.2) is 18.2 Å². The summed E-state index contributed by atoms with van der Waals surface area (Å²) in [6.45, 7) is 14.6. The zero-order chi connectivity index (χ0) is 41.9. The number of allylic oxidation sites excluding steroid dienone is 9. The van der Waals surface area contributed by atoms with Crippen molar-refractivity contribution in [1.29, 1.82) is 0 Å². The molecule has 2 aromatic carbocycles. The number of nitrogens with zero attached hydrogens (tertiary/aromatic N) is 2. The number of ketones is 1. The number of carbonyl (C=O) groups excluding carboxylic acids is 1. The summed E-state index contributed by atoms with van der Waals surface area (Å²) in [4.78, 5) is 43.6. The lowest BCUT2D eigenvalue weighted by molar-refractivity contribution is 0.104. The van der Waals surface area contributed by atoms with E-state index in [4.69, 9.17) is 22.8 Å². The molecule has 304 valence electrons. The first-order valence-electron chi connectivity index (χ1n) is 19.1. The average molecular weight is 801 g/mol. The van der Waals surface area contributed by atoms with Crippen LogP contribution in [0.2, 0.25) is 0 Å². The van der Waals surface area contributed by atoms with Crippen LogP contribution in [0, 0.1) is 5.41 Å². The molecule has 4 aromatic rings. The van der Waals surface area contributed by atoms with Crippen molar-refractivity contribution in [3.8, 4) is 11.5 Å². The highest BCUT2D eigenvalue weighted by Crippen LogP contribution is 2.42. The van der Waals surface area contributed by atoms with Gasteiger partial charge in [0.25, 0.3) is 0 Å². The van der Waals surface area contributed by atoms with Crippen molar-refractivity contribution in [2.45, 2.75) is 54.4 Å². The number of halogens is 4. The zero-order valence-corrected chi connectivity index (χ0v) is 33.1. The van der Waals surface area contributed by atoms with Gasteiger partial charge in [0.05, 0.1) is 16.5 Å². The van der Waals surface area contributed by atoms with Gasteiger partial charge in [-0.05, 0) is 93.5 Å². The standard InChI is InChI=1S/C42H43B2F4N2O8/c1-7-49(8-2)28-17-19-30-34(22-28)54-40(52)36(38(30)56-43(45)46)32(51)15-11-13-26-21-27(25-42(5,6)24-26)14-12-16-33-37-39(58-44(47,48)57-33)31-20-18-29(50(9-3)10-4)23-35(31)55-41(37)53/h11-23H,7-10,24-25H2,1-6H3/q-1/b14-12+,15-11+,26-13+,33-16-. The van der Waals surface area contributed by atoms with Crippen LogP contribution in [0.1, 0.15) is 70.3 Å².